The van der Waals surface area contributed by atoms with Crippen LogP contribution in [0.25, 0.3) is 0 Å². The molecule has 0 heterocycles. The number of carbonyl (C=O) groups is 1. The third kappa shape index (κ3) is 2.87. The zero-order valence-electron chi connectivity index (χ0n) is 8.93. The predicted molar refractivity (Wildman–Crippen MR) is 58.7 cm³/mol. The van der Waals surface area contributed by atoms with E-state index in [0.29, 0.717) is 18.0 Å². The van der Waals surface area contributed by atoms with E-state index in [1.54, 1.807) is 31.4 Å². The van der Waals surface area contributed by atoms with E-state index in [0.717, 1.165) is 6.42 Å². The number of hydrogen-bond donors (Lipinski definition) is 1. The Labute approximate surface area is 89.1 Å². The van der Waals surface area contributed by atoms with Gasteiger partial charge in [0.1, 0.15) is 5.75 Å². The second-order valence-corrected chi connectivity index (χ2v) is 3.14. The lowest BCUT2D eigenvalue weighted by atomic mass is 10.2. The van der Waals surface area contributed by atoms with Gasteiger partial charge in [0.05, 0.1) is 12.8 Å². The van der Waals surface area contributed by atoms with Crippen molar-refractivity contribution in [3.63, 3.8) is 0 Å². The monoisotopic (exact) mass is 209 g/mol. The van der Waals surface area contributed by atoms with E-state index in [4.69, 9.17) is 9.84 Å². The summed E-state index contributed by atoms with van der Waals surface area (Å²) in [5.41, 5.74) is 0.642. The van der Waals surface area contributed by atoms with Gasteiger partial charge in [0, 0.05) is 12.6 Å². The molecule has 0 radical (unpaired) electrons. The zero-order valence-corrected chi connectivity index (χ0v) is 8.93. The smallest absolute Gasteiger partial charge is 0.411 e. The molecule has 0 saturated heterocycles. The highest BCUT2D eigenvalue weighted by Gasteiger charge is 2.13. The van der Waals surface area contributed by atoms with Crippen LogP contribution in [0.3, 0.4) is 0 Å². The van der Waals surface area contributed by atoms with Crippen molar-refractivity contribution in [1.29, 1.82) is 0 Å². The van der Waals surface area contributed by atoms with Gasteiger partial charge < -0.3 is 9.84 Å². The first-order chi connectivity index (χ1) is 7.19. The molecule has 1 aromatic carbocycles. The van der Waals surface area contributed by atoms with Crippen molar-refractivity contribution in [2.75, 3.05) is 18.6 Å². The van der Waals surface area contributed by atoms with Crippen molar-refractivity contribution in [3.05, 3.63) is 24.3 Å². The Balaban J connectivity index is 2.94. The molecule has 0 fully saturated rings. The Morgan fingerprint density at radius 2 is 2.27 bits per heavy atom. The van der Waals surface area contributed by atoms with Gasteiger partial charge in [0.25, 0.3) is 0 Å². The quantitative estimate of drug-likeness (QED) is 0.829. The molecular formula is C11H15NO3. The van der Waals surface area contributed by atoms with E-state index >= 15 is 0 Å². The van der Waals surface area contributed by atoms with Crippen molar-refractivity contribution < 1.29 is 14.6 Å². The lowest BCUT2D eigenvalue weighted by molar-refractivity contribution is 0.202. The second kappa shape index (κ2) is 5.24. The number of carboxylic acid groups (broad SMARTS) is 1. The molecule has 0 aliphatic rings. The normalized spacial score (nSPS) is 9.73. The first-order valence-corrected chi connectivity index (χ1v) is 4.83. The highest BCUT2D eigenvalue weighted by atomic mass is 16.5. The molecule has 0 aromatic heterocycles. The summed E-state index contributed by atoms with van der Waals surface area (Å²) >= 11 is 0. The van der Waals surface area contributed by atoms with Crippen molar-refractivity contribution in [2.24, 2.45) is 0 Å². The van der Waals surface area contributed by atoms with Gasteiger partial charge in [0.15, 0.2) is 0 Å². The molecule has 0 atom stereocenters. The molecule has 0 saturated carbocycles. The number of amides is 1. The second-order valence-electron chi connectivity index (χ2n) is 3.14. The minimum absolute atomic E-state index is 0.489. The summed E-state index contributed by atoms with van der Waals surface area (Å²) in [4.78, 5) is 12.3. The number of benzene rings is 1. The first-order valence-electron chi connectivity index (χ1n) is 4.83. The molecule has 0 spiro atoms. The summed E-state index contributed by atoms with van der Waals surface area (Å²) in [6.07, 6.45) is -0.158. The SMILES string of the molecule is CCCN(C(=O)O)c1cccc(OC)c1. The van der Waals surface area contributed by atoms with E-state index in [9.17, 15) is 4.79 Å². The van der Waals surface area contributed by atoms with Crippen LogP contribution in [0.4, 0.5) is 10.5 Å². The molecule has 4 heteroatoms. The Kier molecular flexibility index (Phi) is 3.97. The zero-order chi connectivity index (χ0) is 11.3. The number of hydrogen-bond acceptors (Lipinski definition) is 2. The molecule has 1 amide bonds. The van der Waals surface area contributed by atoms with Crippen molar-refractivity contribution >= 4 is 11.8 Å². The molecule has 15 heavy (non-hydrogen) atoms. The predicted octanol–water partition coefficient (Wildman–Crippen LogP) is 2.59. The van der Waals surface area contributed by atoms with Gasteiger partial charge in [-0.25, -0.2) is 4.79 Å². The lowest BCUT2D eigenvalue weighted by Crippen LogP contribution is -2.29. The molecule has 0 unspecified atom stereocenters. The Hall–Kier alpha value is -1.71. The molecule has 0 aliphatic heterocycles. The summed E-state index contributed by atoms with van der Waals surface area (Å²) in [6.45, 7) is 2.43. The molecule has 1 rings (SSSR count). The maximum Gasteiger partial charge on any atom is 0.411 e. The maximum atomic E-state index is 11.0. The van der Waals surface area contributed by atoms with Gasteiger partial charge in [-0.2, -0.15) is 0 Å². The fourth-order valence-corrected chi connectivity index (χ4v) is 1.34. The maximum absolute atomic E-state index is 11.0. The van der Waals surface area contributed by atoms with Crippen LogP contribution >= 0.6 is 0 Å². The van der Waals surface area contributed by atoms with Gasteiger partial charge in [-0.15, -0.1) is 0 Å². The third-order valence-corrected chi connectivity index (χ3v) is 2.04. The van der Waals surface area contributed by atoms with E-state index in [-0.39, 0.29) is 0 Å². The van der Waals surface area contributed by atoms with Crippen LogP contribution in [-0.2, 0) is 0 Å². The van der Waals surface area contributed by atoms with Gasteiger partial charge in [-0.1, -0.05) is 13.0 Å². The number of methoxy groups -OCH3 is 1. The highest BCUT2D eigenvalue weighted by Crippen LogP contribution is 2.21. The van der Waals surface area contributed by atoms with Crippen molar-refractivity contribution in [3.8, 4) is 5.75 Å². The van der Waals surface area contributed by atoms with E-state index in [1.165, 1.54) is 4.90 Å². The number of ether oxygens (including phenoxy) is 1. The number of anilines is 1. The summed E-state index contributed by atoms with van der Waals surface area (Å²) < 4.78 is 5.04. The van der Waals surface area contributed by atoms with Crippen LogP contribution in [0, 0.1) is 0 Å². The molecular weight excluding hydrogens is 194 g/mol. The average Bonchev–Trinajstić information content (AvgIpc) is 2.25. The molecule has 1 aromatic rings. The van der Waals surface area contributed by atoms with Crippen LogP contribution in [0.15, 0.2) is 24.3 Å². The van der Waals surface area contributed by atoms with E-state index < -0.39 is 6.09 Å². The molecule has 4 nitrogen and oxygen atoms in total. The largest absolute Gasteiger partial charge is 0.497 e. The van der Waals surface area contributed by atoms with Gasteiger partial charge in [0.2, 0.25) is 0 Å². The number of rotatable bonds is 4. The minimum atomic E-state index is -0.940. The molecule has 0 aliphatic carbocycles. The molecule has 0 bridgehead atoms. The molecule has 1 N–H and O–H groups in total. The highest BCUT2D eigenvalue weighted by molar-refractivity contribution is 5.86. The van der Waals surface area contributed by atoms with E-state index in [1.807, 2.05) is 6.92 Å². The summed E-state index contributed by atoms with van der Waals surface area (Å²) in [7, 11) is 1.56. The molecule has 82 valence electrons. The minimum Gasteiger partial charge on any atom is -0.497 e. The topological polar surface area (TPSA) is 49.8 Å². The lowest BCUT2D eigenvalue weighted by Gasteiger charge is -2.18. The van der Waals surface area contributed by atoms with Crippen LogP contribution in [-0.4, -0.2) is 24.9 Å². The van der Waals surface area contributed by atoms with E-state index in [2.05, 4.69) is 0 Å². The van der Waals surface area contributed by atoms with Crippen LogP contribution in [0.1, 0.15) is 13.3 Å². The summed E-state index contributed by atoms with van der Waals surface area (Å²) in [5.74, 6) is 0.662. The van der Waals surface area contributed by atoms with Gasteiger partial charge in [-0.3, -0.25) is 4.90 Å². The van der Waals surface area contributed by atoms with Crippen LogP contribution < -0.4 is 9.64 Å². The van der Waals surface area contributed by atoms with Crippen molar-refractivity contribution in [1.82, 2.24) is 0 Å². The van der Waals surface area contributed by atoms with Crippen LogP contribution in [0.5, 0.6) is 5.75 Å². The standard InChI is InChI=1S/C11H15NO3/c1-3-7-12(11(13)14)9-5-4-6-10(8-9)15-2/h4-6,8H,3,7H2,1-2H3,(H,13,14). The Morgan fingerprint density at radius 3 is 2.80 bits per heavy atom. The Morgan fingerprint density at radius 1 is 1.53 bits per heavy atom. The summed E-state index contributed by atoms with van der Waals surface area (Å²) in [5, 5.41) is 9.01. The fourth-order valence-electron chi connectivity index (χ4n) is 1.34. The number of nitrogens with zero attached hydrogens (tertiary/aromatic N) is 1. The van der Waals surface area contributed by atoms with Crippen molar-refractivity contribution in [2.45, 2.75) is 13.3 Å². The third-order valence-electron chi connectivity index (χ3n) is 2.04. The van der Waals surface area contributed by atoms with Gasteiger partial charge in [-0.05, 0) is 18.6 Å². The van der Waals surface area contributed by atoms with Gasteiger partial charge >= 0.3 is 6.09 Å². The fraction of sp³-hybridized carbons (Fsp3) is 0.364. The van der Waals surface area contributed by atoms with Crippen LogP contribution in [0.2, 0.25) is 0 Å². The Bertz CT molecular complexity index is 338. The first kappa shape index (κ1) is 11.4. The summed E-state index contributed by atoms with van der Waals surface area (Å²) in [6, 6.07) is 7.03. The average molecular weight is 209 g/mol.